The van der Waals surface area contributed by atoms with E-state index in [1.54, 1.807) is 6.20 Å². The fraction of sp³-hybridized carbons (Fsp3) is 0.286. The molecule has 0 aliphatic rings. The summed E-state index contributed by atoms with van der Waals surface area (Å²) < 4.78 is 0. The zero-order valence-electron chi connectivity index (χ0n) is 25.8. The Morgan fingerprint density at radius 3 is 1.67 bits per heavy atom. The van der Waals surface area contributed by atoms with Crippen LogP contribution in [0.5, 0.6) is 0 Å². The van der Waals surface area contributed by atoms with Crippen LogP contribution in [0.3, 0.4) is 0 Å². The van der Waals surface area contributed by atoms with Crippen molar-refractivity contribution < 1.29 is 19.2 Å². The van der Waals surface area contributed by atoms with Gasteiger partial charge < -0.3 is 32.0 Å². The van der Waals surface area contributed by atoms with Crippen LogP contribution in [0.15, 0.2) is 104 Å². The molecule has 0 saturated heterocycles. The van der Waals surface area contributed by atoms with Crippen LogP contribution in [0.1, 0.15) is 29.3 Å². The minimum absolute atomic E-state index is 0.138. The second-order valence-corrected chi connectivity index (χ2v) is 11.2. The molecule has 0 unspecified atom stereocenters. The number of aromatic nitrogens is 2. The first-order valence-electron chi connectivity index (χ1n) is 15.3. The predicted molar refractivity (Wildman–Crippen MR) is 175 cm³/mol. The number of amides is 4. The molecule has 240 valence electrons. The van der Waals surface area contributed by atoms with Gasteiger partial charge in [0.15, 0.2) is 0 Å². The van der Waals surface area contributed by atoms with Crippen LogP contribution in [0.4, 0.5) is 0 Å². The predicted octanol–water partition coefficient (Wildman–Crippen LogP) is 1.60. The van der Waals surface area contributed by atoms with E-state index < -0.39 is 41.9 Å². The molecule has 1 heterocycles. The normalized spacial score (nSPS) is 13.5. The van der Waals surface area contributed by atoms with Crippen LogP contribution in [-0.2, 0) is 44.9 Å². The Morgan fingerprint density at radius 1 is 0.674 bits per heavy atom. The van der Waals surface area contributed by atoms with E-state index in [-0.39, 0.29) is 25.3 Å². The third-order valence-electron chi connectivity index (χ3n) is 7.50. The van der Waals surface area contributed by atoms with E-state index in [0.717, 1.165) is 16.7 Å². The summed E-state index contributed by atoms with van der Waals surface area (Å²) in [5.74, 6) is -1.78. The molecule has 4 amide bonds. The number of H-pyrrole nitrogens is 1. The second kappa shape index (κ2) is 17.3. The lowest BCUT2D eigenvalue weighted by Gasteiger charge is -2.27. The maximum Gasteiger partial charge on any atom is 0.243 e. The third-order valence-corrected chi connectivity index (χ3v) is 7.50. The number of hydrogen-bond acceptors (Lipinski definition) is 6. The summed E-state index contributed by atoms with van der Waals surface area (Å²) >= 11 is 0. The Hall–Kier alpha value is -5.29. The number of aromatic amines is 1. The van der Waals surface area contributed by atoms with Crippen LogP contribution < -0.4 is 27.0 Å². The average molecular weight is 624 g/mol. The Labute approximate surface area is 268 Å². The van der Waals surface area contributed by atoms with E-state index in [2.05, 4.69) is 31.2 Å². The zero-order valence-corrected chi connectivity index (χ0v) is 25.8. The first kappa shape index (κ1) is 33.6. The smallest absolute Gasteiger partial charge is 0.243 e. The molecule has 0 spiro atoms. The van der Waals surface area contributed by atoms with Crippen molar-refractivity contribution >= 4 is 23.6 Å². The molecule has 46 heavy (non-hydrogen) atoms. The van der Waals surface area contributed by atoms with E-state index in [0.29, 0.717) is 18.5 Å². The maximum absolute atomic E-state index is 13.9. The number of primary amides is 1. The molecular formula is C35H41N7O4. The molecule has 3 aromatic carbocycles. The summed E-state index contributed by atoms with van der Waals surface area (Å²) in [5.41, 5.74) is 9.19. The maximum atomic E-state index is 13.9. The van der Waals surface area contributed by atoms with Crippen molar-refractivity contribution in [2.75, 3.05) is 6.54 Å². The lowest BCUT2D eigenvalue weighted by molar-refractivity contribution is -0.132. The van der Waals surface area contributed by atoms with Crippen molar-refractivity contribution in [1.82, 2.24) is 31.2 Å². The summed E-state index contributed by atoms with van der Waals surface area (Å²) in [4.78, 5) is 58.9. The number of nitrogens with zero attached hydrogens (tertiary/aromatic N) is 1. The van der Waals surface area contributed by atoms with Gasteiger partial charge in [0.25, 0.3) is 0 Å². The Balaban J connectivity index is 1.52. The summed E-state index contributed by atoms with van der Waals surface area (Å²) in [6.07, 6.45) is 4.34. The molecule has 7 N–H and O–H groups in total. The molecule has 0 bridgehead atoms. The Kier molecular flexibility index (Phi) is 12.6. The molecule has 0 aliphatic heterocycles. The van der Waals surface area contributed by atoms with Gasteiger partial charge in [0, 0.05) is 44.2 Å². The minimum Gasteiger partial charge on any atom is -0.368 e. The van der Waals surface area contributed by atoms with Crippen molar-refractivity contribution in [2.45, 2.75) is 56.8 Å². The lowest BCUT2D eigenvalue weighted by atomic mass is 10.0. The summed E-state index contributed by atoms with van der Waals surface area (Å²) in [7, 11) is 0. The summed E-state index contributed by atoms with van der Waals surface area (Å²) in [6.45, 7) is 1.59. The van der Waals surface area contributed by atoms with Gasteiger partial charge in [0.1, 0.15) is 12.1 Å². The van der Waals surface area contributed by atoms with Gasteiger partial charge >= 0.3 is 0 Å². The van der Waals surface area contributed by atoms with Gasteiger partial charge in [0.05, 0.1) is 12.4 Å². The van der Waals surface area contributed by atoms with Crippen molar-refractivity contribution in [3.8, 4) is 0 Å². The number of nitrogens with one attached hydrogen (secondary N) is 5. The number of benzene rings is 3. The monoisotopic (exact) mass is 623 g/mol. The number of nitrogens with two attached hydrogens (primary N) is 1. The van der Waals surface area contributed by atoms with Crippen LogP contribution in [-0.4, -0.2) is 64.3 Å². The number of hydrogen-bond donors (Lipinski definition) is 6. The van der Waals surface area contributed by atoms with E-state index in [9.17, 15) is 19.2 Å². The molecular weight excluding hydrogens is 582 g/mol. The third kappa shape index (κ3) is 11.0. The van der Waals surface area contributed by atoms with Gasteiger partial charge in [-0.2, -0.15) is 0 Å². The number of rotatable bonds is 17. The lowest BCUT2D eigenvalue weighted by Crippen LogP contribution is -2.57. The fourth-order valence-corrected chi connectivity index (χ4v) is 5.18. The van der Waals surface area contributed by atoms with Crippen LogP contribution in [0, 0.1) is 0 Å². The van der Waals surface area contributed by atoms with Crippen LogP contribution in [0.2, 0.25) is 0 Å². The Morgan fingerprint density at radius 2 is 1.17 bits per heavy atom. The van der Waals surface area contributed by atoms with E-state index in [1.807, 2.05) is 91.0 Å². The number of imidazole rings is 1. The van der Waals surface area contributed by atoms with Crippen LogP contribution >= 0.6 is 0 Å². The Bertz CT molecular complexity index is 1530. The van der Waals surface area contributed by atoms with Crippen molar-refractivity contribution in [1.29, 1.82) is 0 Å². The average Bonchev–Trinajstić information content (AvgIpc) is 3.56. The highest BCUT2D eigenvalue weighted by atomic mass is 16.2. The number of carbonyl (C=O) groups excluding carboxylic acids is 4. The first-order valence-corrected chi connectivity index (χ1v) is 15.3. The van der Waals surface area contributed by atoms with E-state index in [1.165, 1.54) is 13.3 Å². The van der Waals surface area contributed by atoms with Gasteiger partial charge in [-0.15, -0.1) is 0 Å². The van der Waals surface area contributed by atoms with Crippen molar-refractivity contribution in [3.63, 3.8) is 0 Å². The molecule has 1 aromatic heterocycles. The first-order chi connectivity index (χ1) is 22.3. The van der Waals surface area contributed by atoms with Gasteiger partial charge in [0.2, 0.25) is 23.6 Å². The molecule has 0 fully saturated rings. The molecule has 0 radical (unpaired) electrons. The fourth-order valence-electron chi connectivity index (χ4n) is 5.18. The molecule has 4 aromatic rings. The highest BCUT2D eigenvalue weighted by Gasteiger charge is 2.29. The summed E-state index contributed by atoms with van der Waals surface area (Å²) in [6, 6.07) is 25.5. The van der Waals surface area contributed by atoms with E-state index in [4.69, 9.17) is 5.73 Å². The van der Waals surface area contributed by atoms with E-state index >= 15 is 0 Å². The summed E-state index contributed by atoms with van der Waals surface area (Å²) in [5, 5.41) is 11.9. The SMILES string of the molecule is CC(=O)N[C@@H](Cc1ccccc1)C(=O)N[C@@H](Cc1cnc[nH]1)C(=O)N[C@H](CN[C@@H](Cc1ccccc1)C(N)=O)Cc1ccccc1. The highest BCUT2D eigenvalue weighted by Crippen LogP contribution is 2.09. The zero-order chi connectivity index (χ0) is 32.7. The standard InChI is InChI=1S/C35H41N7O4/c1-24(43)40-31(19-27-15-9-4-10-16-27)35(46)42-32(20-28-21-37-23-39-28)34(45)41-29(17-25-11-5-2-6-12-25)22-38-30(33(36)44)18-26-13-7-3-8-14-26/h2-16,21,23,29-32,38H,17-20,22H2,1H3,(H2,36,44)(H,37,39)(H,40,43)(H,41,45)(H,42,46)/t29-,30-,31-,32-/m0/s1. The molecule has 0 aliphatic carbocycles. The van der Waals surface area contributed by atoms with Crippen LogP contribution in [0.25, 0.3) is 0 Å². The van der Waals surface area contributed by atoms with Crippen molar-refractivity contribution in [2.24, 2.45) is 5.73 Å². The largest absolute Gasteiger partial charge is 0.368 e. The highest BCUT2D eigenvalue weighted by molar-refractivity contribution is 5.92. The molecule has 4 atom stereocenters. The molecule has 0 saturated carbocycles. The van der Waals surface area contributed by atoms with Gasteiger partial charge in [-0.25, -0.2) is 4.98 Å². The topological polar surface area (TPSA) is 171 Å². The molecule has 11 nitrogen and oxygen atoms in total. The van der Waals surface area contributed by atoms with Gasteiger partial charge in [-0.1, -0.05) is 91.0 Å². The van der Waals surface area contributed by atoms with Gasteiger partial charge in [-0.3, -0.25) is 19.2 Å². The van der Waals surface area contributed by atoms with Crippen molar-refractivity contribution in [3.05, 3.63) is 126 Å². The minimum atomic E-state index is -0.991. The second-order valence-electron chi connectivity index (χ2n) is 11.2. The quantitative estimate of drug-likeness (QED) is 0.104. The molecule has 4 rings (SSSR count). The number of carbonyl (C=O) groups is 4. The molecule has 11 heteroatoms. The van der Waals surface area contributed by atoms with Gasteiger partial charge in [-0.05, 0) is 29.5 Å².